The highest BCUT2D eigenvalue weighted by Crippen LogP contribution is 2.19. The summed E-state index contributed by atoms with van der Waals surface area (Å²) < 4.78 is 0. The maximum atomic E-state index is 4.09. The molecule has 126 valence electrons. The predicted molar refractivity (Wildman–Crippen MR) is 99.6 cm³/mol. The first-order valence-electron chi connectivity index (χ1n) is 8.61. The highest BCUT2D eigenvalue weighted by Gasteiger charge is 2.18. The van der Waals surface area contributed by atoms with Gasteiger partial charge < -0.3 is 10.2 Å². The van der Waals surface area contributed by atoms with Crippen molar-refractivity contribution in [1.82, 2.24) is 14.8 Å². The van der Waals surface area contributed by atoms with Gasteiger partial charge in [0.2, 0.25) is 0 Å². The Labute approximate surface area is 144 Å². The van der Waals surface area contributed by atoms with Gasteiger partial charge in [0.1, 0.15) is 5.82 Å². The minimum atomic E-state index is 1.01. The van der Waals surface area contributed by atoms with Crippen LogP contribution >= 0.6 is 0 Å². The summed E-state index contributed by atoms with van der Waals surface area (Å²) in [4.78, 5) is 9.04. The Morgan fingerprint density at radius 3 is 2.46 bits per heavy atom. The second kappa shape index (κ2) is 7.97. The molecule has 0 bridgehead atoms. The molecule has 2 aromatic rings. The van der Waals surface area contributed by atoms with Crippen LogP contribution in [0.25, 0.3) is 0 Å². The first kappa shape index (κ1) is 16.5. The van der Waals surface area contributed by atoms with Gasteiger partial charge in [0, 0.05) is 50.8 Å². The lowest BCUT2D eigenvalue weighted by Gasteiger charge is -2.37. The van der Waals surface area contributed by atoms with Gasteiger partial charge in [-0.25, -0.2) is 0 Å². The number of benzene rings is 1. The van der Waals surface area contributed by atoms with E-state index in [1.54, 1.807) is 0 Å². The van der Waals surface area contributed by atoms with E-state index in [0.717, 1.165) is 32.7 Å². The molecule has 0 aliphatic carbocycles. The molecule has 1 N–H and O–H groups in total. The van der Waals surface area contributed by atoms with Crippen molar-refractivity contribution < 1.29 is 0 Å². The van der Waals surface area contributed by atoms with Crippen molar-refractivity contribution in [3.05, 3.63) is 71.8 Å². The number of nitrogens with zero attached hydrogens (tertiary/aromatic N) is 3. The predicted octanol–water partition coefficient (Wildman–Crippen LogP) is 3.48. The number of aryl methyl sites for hydroxylation is 1. The normalized spacial score (nSPS) is 16.2. The summed E-state index contributed by atoms with van der Waals surface area (Å²) in [6.45, 7) is 9.50. The average Bonchev–Trinajstić information content (AvgIpc) is 2.63. The molecule has 0 atom stereocenters. The Bertz CT molecular complexity index is 673. The van der Waals surface area contributed by atoms with Crippen molar-refractivity contribution in [3.8, 4) is 0 Å². The van der Waals surface area contributed by atoms with E-state index in [2.05, 4.69) is 76.4 Å². The number of hydrogen-bond donors (Lipinski definition) is 1. The summed E-state index contributed by atoms with van der Waals surface area (Å²) in [5, 5.41) is 3.59. The van der Waals surface area contributed by atoms with Gasteiger partial charge in [-0.15, -0.1) is 0 Å². The van der Waals surface area contributed by atoms with Gasteiger partial charge in [-0.2, -0.15) is 0 Å². The lowest BCUT2D eigenvalue weighted by molar-refractivity contribution is 0.153. The second-order valence-corrected chi connectivity index (χ2v) is 6.23. The van der Waals surface area contributed by atoms with E-state index in [4.69, 9.17) is 0 Å². The summed E-state index contributed by atoms with van der Waals surface area (Å²) in [6.07, 6.45) is 5.91. The smallest absolute Gasteiger partial charge is 0.101 e. The molecule has 4 heteroatoms. The van der Waals surface area contributed by atoms with E-state index in [9.17, 15) is 0 Å². The number of aromatic nitrogens is 1. The molecule has 1 saturated heterocycles. The van der Waals surface area contributed by atoms with Crippen LogP contribution in [0, 0.1) is 6.92 Å². The highest BCUT2D eigenvalue weighted by atomic mass is 15.3. The monoisotopic (exact) mass is 322 g/mol. The van der Waals surface area contributed by atoms with Crippen molar-refractivity contribution in [2.24, 2.45) is 0 Å². The molecule has 24 heavy (non-hydrogen) atoms. The van der Waals surface area contributed by atoms with E-state index in [-0.39, 0.29) is 0 Å². The van der Waals surface area contributed by atoms with Crippen LogP contribution in [-0.2, 0) is 6.54 Å². The molecule has 1 aliphatic rings. The highest BCUT2D eigenvalue weighted by molar-refractivity contribution is 5.53. The van der Waals surface area contributed by atoms with E-state index in [1.165, 1.54) is 22.6 Å². The Morgan fingerprint density at radius 1 is 1.08 bits per heavy atom. The lowest BCUT2D eigenvalue weighted by atomic mass is 10.2. The molecular formula is C20H26N4. The summed E-state index contributed by atoms with van der Waals surface area (Å²) >= 11 is 0. The van der Waals surface area contributed by atoms with Crippen molar-refractivity contribution in [2.75, 3.05) is 31.5 Å². The molecule has 1 aromatic carbocycles. The maximum absolute atomic E-state index is 4.09. The van der Waals surface area contributed by atoms with Gasteiger partial charge in [-0.05, 0) is 49.2 Å². The SMILES string of the molecule is C/C=C(\Nc1ccccc1C)N1CCN(Cc2ccncc2)CC1. The molecule has 0 saturated carbocycles. The van der Waals surface area contributed by atoms with Gasteiger partial charge in [0.05, 0.1) is 0 Å². The summed E-state index contributed by atoms with van der Waals surface area (Å²) in [5.41, 5.74) is 3.79. The van der Waals surface area contributed by atoms with Crippen LogP contribution in [0.3, 0.4) is 0 Å². The van der Waals surface area contributed by atoms with Crippen molar-refractivity contribution in [2.45, 2.75) is 20.4 Å². The van der Waals surface area contributed by atoms with E-state index in [0.29, 0.717) is 0 Å². The van der Waals surface area contributed by atoms with Crippen LogP contribution in [0.2, 0.25) is 0 Å². The number of pyridine rings is 1. The number of nitrogens with one attached hydrogen (secondary N) is 1. The average molecular weight is 322 g/mol. The van der Waals surface area contributed by atoms with Crippen LogP contribution in [-0.4, -0.2) is 41.0 Å². The summed E-state index contributed by atoms with van der Waals surface area (Å²) in [6, 6.07) is 12.6. The minimum absolute atomic E-state index is 1.01. The van der Waals surface area contributed by atoms with Crippen molar-refractivity contribution in [1.29, 1.82) is 0 Å². The first-order valence-corrected chi connectivity index (χ1v) is 8.61. The largest absolute Gasteiger partial charge is 0.356 e. The summed E-state index contributed by atoms with van der Waals surface area (Å²) in [7, 11) is 0. The fourth-order valence-corrected chi connectivity index (χ4v) is 3.08. The third-order valence-electron chi connectivity index (χ3n) is 4.55. The number of anilines is 1. The van der Waals surface area contributed by atoms with E-state index in [1.807, 2.05) is 12.4 Å². The third kappa shape index (κ3) is 4.15. The van der Waals surface area contributed by atoms with Gasteiger partial charge in [0.25, 0.3) is 0 Å². The second-order valence-electron chi connectivity index (χ2n) is 6.23. The zero-order chi connectivity index (χ0) is 16.8. The van der Waals surface area contributed by atoms with Crippen LogP contribution in [0.4, 0.5) is 5.69 Å². The Kier molecular flexibility index (Phi) is 5.49. The van der Waals surface area contributed by atoms with Gasteiger partial charge in [-0.1, -0.05) is 18.2 Å². The first-order chi connectivity index (χ1) is 11.8. The van der Waals surface area contributed by atoms with Gasteiger partial charge >= 0.3 is 0 Å². The quantitative estimate of drug-likeness (QED) is 0.913. The Hall–Kier alpha value is -2.33. The number of piperazine rings is 1. The van der Waals surface area contributed by atoms with Crippen molar-refractivity contribution >= 4 is 5.69 Å². The van der Waals surface area contributed by atoms with Gasteiger partial charge in [0.15, 0.2) is 0 Å². The number of para-hydroxylation sites is 1. The van der Waals surface area contributed by atoms with Crippen LogP contribution < -0.4 is 5.32 Å². The third-order valence-corrected chi connectivity index (χ3v) is 4.55. The fraction of sp³-hybridized carbons (Fsp3) is 0.350. The lowest BCUT2D eigenvalue weighted by Crippen LogP contribution is -2.46. The molecule has 0 amide bonds. The molecule has 1 aliphatic heterocycles. The van der Waals surface area contributed by atoms with Crippen LogP contribution in [0.5, 0.6) is 0 Å². The van der Waals surface area contributed by atoms with Gasteiger partial charge in [-0.3, -0.25) is 9.88 Å². The fourth-order valence-electron chi connectivity index (χ4n) is 3.08. The standard InChI is InChI=1S/C20H26N4/c1-3-20(22-19-7-5-4-6-17(19)2)24-14-12-23(13-15-24)16-18-8-10-21-11-9-18/h3-11,22H,12-16H2,1-2H3/b20-3+. The topological polar surface area (TPSA) is 31.4 Å². The molecule has 0 spiro atoms. The minimum Gasteiger partial charge on any atom is -0.356 e. The van der Waals surface area contributed by atoms with Crippen LogP contribution in [0.15, 0.2) is 60.7 Å². The molecule has 1 aromatic heterocycles. The molecule has 4 nitrogen and oxygen atoms in total. The maximum Gasteiger partial charge on any atom is 0.101 e. The molecule has 1 fully saturated rings. The van der Waals surface area contributed by atoms with E-state index >= 15 is 0 Å². The summed E-state index contributed by atoms with van der Waals surface area (Å²) in [5.74, 6) is 1.20. The molecule has 0 radical (unpaired) electrons. The van der Waals surface area contributed by atoms with Crippen LogP contribution in [0.1, 0.15) is 18.1 Å². The zero-order valence-electron chi connectivity index (χ0n) is 14.6. The van der Waals surface area contributed by atoms with Crippen molar-refractivity contribution in [3.63, 3.8) is 0 Å². The molecule has 3 rings (SSSR count). The molecule has 2 heterocycles. The molecule has 0 unspecified atom stereocenters. The van der Waals surface area contributed by atoms with E-state index < -0.39 is 0 Å². The number of allylic oxidation sites excluding steroid dienone is 1. The number of rotatable bonds is 5. The number of hydrogen-bond acceptors (Lipinski definition) is 4. The Morgan fingerprint density at radius 2 is 1.79 bits per heavy atom. The molecular weight excluding hydrogens is 296 g/mol. The zero-order valence-corrected chi connectivity index (χ0v) is 14.6. The Balaban J connectivity index is 1.56.